The first-order valence-corrected chi connectivity index (χ1v) is 7.02. The predicted octanol–water partition coefficient (Wildman–Crippen LogP) is 2.47. The zero-order chi connectivity index (χ0) is 15.7. The largest absolute Gasteiger partial charge is 0.357 e. The molecule has 22 heavy (non-hydrogen) atoms. The lowest BCUT2D eigenvalue weighted by atomic mass is 10.2. The molecule has 114 valence electrons. The van der Waals surface area contributed by atoms with Crippen LogP contribution >= 0.6 is 0 Å². The Bertz CT molecular complexity index is 821. The van der Waals surface area contributed by atoms with Gasteiger partial charge < -0.3 is 14.5 Å². The summed E-state index contributed by atoms with van der Waals surface area (Å²) in [6, 6.07) is 6.46. The number of imidazole rings is 1. The zero-order valence-corrected chi connectivity index (χ0v) is 12.5. The van der Waals surface area contributed by atoms with Crippen LogP contribution in [0.1, 0.15) is 11.5 Å². The van der Waals surface area contributed by atoms with Gasteiger partial charge in [-0.05, 0) is 31.2 Å². The Morgan fingerprint density at radius 3 is 2.95 bits per heavy atom. The number of likely N-dealkylation sites (N-methyl/N-ethyl adjacent to an activating group) is 1. The molecule has 0 saturated heterocycles. The molecule has 2 heterocycles. The Kier molecular flexibility index (Phi) is 3.66. The monoisotopic (exact) mass is 300 g/mol. The van der Waals surface area contributed by atoms with Crippen molar-refractivity contribution in [2.45, 2.75) is 20.0 Å². The highest BCUT2D eigenvalue weighted by Crippen LogP contribution is 2.17. The van der Waals surface area contributed by atoms with Crippen LogP contribution in [-0.4, -0.2) is 32.4 Å². The van der Waals surface area contributed by atoms with Crippen LogP contribution in [-0.2, 0) is 17.9 Å². The number of aryl methyl sites for hydroxylation is 1. The van der Waals surface area contributed by atoms with Crippen molar-refractivity contribution in [3.05, 3.63) is 54.0 Å². The quantitative estimate of drug-likeness (QED) is 0.804. The molecule has 0 aliphatic rings. The molecule has 3 rings (SSSR count). The summed E-state index contributed by atoms with van der Waals surface area (Å²) >= 11 is 0. The minimum absolute atomic E-state index is 0.00839. The number of carbonyl (C=O) groups excluding carboxylic acids is 1. The number of rotatable bonds is 4. The Morgan fingerprint density at radius 2 is 2.23 bits per heavy atom. The van der Waals surface area contributed by atoms with Crippen LogP contribution in [0.3, 0.4) is 0 Å². The van der Waals surface area contributed by atoms with Gasteiger partial charge in [-0.15, -0.1) is 0 Å². The van der Waals surface area contributed by atoms with Gasteiger partial charge in [0.15, 0.2) is 0 Å². The number of hydrogen-bond acceptors (Lipinski definition) is 2. The fraction of sp³-hybridized carbons (Fsp3) is 0.250. The number of fused-ring (bicyclic) bond motifs is 1. The molecular weight excluding hydrogens is 283 g/mol. The maximum Gasteiger partial charge on any atom is 0.242 e. The van der Waals surface area contributed by atoms with E-state index in [4.69, 9.17) is 0 Å². The summed E-state index contributed by atoms with van der Waals surface area (Å²) in [5.41, 5.74) is 1.74. The summed E-state index contributed by atoms with van der Waals surface area (Å²) in [4.78, 5) is 21.2. The van der Waals surface area contributed by atoms with Gasteiger partial charge in [-0.25, -0.2) is 9.37 Å². The topological polar surface area (TPSA) is 53.9 Å². The maximum absolute atomic E-state index is 13.2. The number of amides is 1. The van der Waals surface area contributed by atoms with Crippen LogP contribution in [0.2, 0.25) is 0 Å². The van der Waals surface area contributed by atoms with E-state index >= 15 is 0 Å². The normalized spacial score (nSPS) is 11.0. The first kappa shape index (κ1) is 14.3. The third kappa shape index (κ3) is 2.86. The number of H-pyrrole nitrogens is 1. The molecule has 0 aliphatic carbocycles. The van der Waals surface area contributed by atoms with Crippen molar-refractivity contribution in [2.75, 3.05) is 7.05 Å². The van der Waals surface area contributed by atoms with Crippen molar-refractivity contribution in [2.24, 2.45) is 0 Å². The molecule has 1 amide bonds. The summed E-state index contributed by atoms with van der Waals surface area (Å²) in [5.74, 6) is 0.534. The number of nitrogens with one attached hydrogen (secondary N) is 1. The Morgan fingerprint density at radius 1 is 1.41 bits per heavy atom. The van der Waals surface area contributed by atoms with Gasteiger partial charge in [-0.3, -0.25) is 4.79 Å². The molecule has 0 bridgehead atoms. The smallest absolute Gasteiger partial charge is 0.242 e. The minimum atomic E-state index is -0.266. The molecule has 0 fully saturated rings. The molecule has 2 aromatic heterocycles. The second kappa shape index (κ2) is 5.63. The SMILES string of the molecule is Cc1nccn1CC(=O)N(C)Cc1cc2cc(F)ccc2[nH]1. The number of benzene rings is 1. The molecule has 1 N–H and O–H groups in total. The maximum atomic E-state index is 13.2. The van der Waals surface area contributed by atoms with E-state index in [-0.39, 0.29) is 18.3 Å². The van der Waals surface area contributed by atoms with E-state index in [9.17, 15) is 9.18 Å². The average molecular weight is 300 g/mol. The van der Waals surface area contributed by atoms with E-state index in [1.165, 1.54) is 12.1 Å². The third-order valence-electron chi connectivity index (χ3n) is 3.70. The number of aromatic nitrogens is 3. The van der Waals surface area contributed by atoms with E-state index in [2.05, 4.69) is 9.97 Å². The first-order valence-electron chi connectivity index (χ1n) is 7.02. The Hall–Kier alpha value is -2.63. The molecule has 0 saturated carbocycles. The van der Waals surface area contributed by atoms with E-state index in [1.807, 2.05) is 13.0 Å². The number of carbonyl (C=O) groups is 1. The van der Waals surface area contributed by atoms with Gasteiger partial charge in [-0.1, -0.05) is 0 Å². The van der Waals surface area contributed by atoms with Crippen LogP contribution in [0.4, 0.5) is 4.39 Å². The highest BCUT2D eigenvalue weighted by Gasteiger charge is 2.12. The van der Waals surface area contributed by atoms with Crippen molar-refractivity contribution in [3.63, 3.8) is 0 Å². The number of aromatic amines is 1. The van der Waals surface area contributed by atoms with E-state index in [0.717, 1.165) is 22.4 Å². The van der Waals surface area contributed by atoms with Gasteiger partial charge in [0.1, 0.15) is 18.2 Å². The lowest BCUT2D eigenvalue weighted by Gasteiger charge is -2.17. The van der Waals surface area contributed by atoms with Crippen LogP contribution in [0.15, 0.2) is 36.7 Å². The molecule has 0 atom stereocenters. The number of nitrogens with zero attached hydrogens (tertiary/aromatic N) is 3. The summed E-state index contributed by atoms with van der Waals surface area (Å²) in [6.45, 7) is 2.57. The van der Waals surface area contributed by atoms with Crippen LogP contribution in [0.25, 0.3) is 10.9 Å². The fourth-order valence-electron chi connectivity index (χ4n) is 2.43. The molecule has 3 aromatic rings. The van der Waals surface area contributed by atoms with Gasteiger partial charge in [0.2, 0.25) is 5.91 Å². The van der Waals surface area contributed by atoms with Gasteiger partial charge in [0.05, 0.1) is 6.54 Å². The van der Waals surface area contributed by atoms with Crippen LogP contribution < -0.4 is 0 Å². The minimum Gasteiger partial charge on any atom is -0.357 e. The van der Waals surface area contributed by atoms with Gasteiger partial charge in [0.25, 0.3) is 0 Å². The predicted molar refractivity (Wildman–Crippen MR) is 81.7 cm³/mol. The fourth-order valence-corrected chi connectivity index (χ4v) is 2.43. The van der Waals surface area contributed by atoms with Crippen molar-refractivity contribution in [3.8, 4) is 0 Å². The molecule has 1 aromatic carbocycles. The van der Waals surface area contributed by atoms with Gasteiger partial charge >= 0.3 is 0 Å². The molecular formula is C16H17FN4O. The first-order chi connectivity index (χ1) is 10.5. The second-order valence-electron chi connectivity index (χ2n) is 5.38. The standard InChI is InChI=1S/C16H17FN4O/c1-11-18-5-6-21(11)10-16(22)20(2)9-14-8-12-7-13(17)3-4-15(12)19-14/h3-8,19H,9-10H2,1-2H3. The lowest BCUT2D eigenvalue weighted by Crippen LogP contribution is -2.30. The summed E-state index contributed by atoms with van der Waals surface area (Å²) in [5, 5.41) is 0.807. The van der Waals surface area contributed by atoms with Gasteiger partial charge in [-0.2, -0.15) is 0 Å². The van der Waals surface area contributed by atoms with Crippen molar-refractivity contribution < 1.29 is 9.18 Å². The summed E-state index contributed by atoms with van der Waals surface area (Å²) in [7, 11) is 1.75. The highest BCUT2D eigenvalue weighted by atomic mass is 19.1. The van der Waals surface area contributed by atoms with Crippen molar-refractivity contribution >= 4 is 16.8 Å². The van der Waals surface area contributed by atoms with Crippen molar-refractivity contribution in [1.29, 1.82) is 0 Å². The molecule has 6 heteroatoms. The highest BCUT2D eigenvalue weighted by molar-refractivity contribution is 5.81. The van der Waals surface area contributed by atoms with Crippen molar-refractivity contribution in [1.82, 2.24) is 19.4 Å². The molecule has 0 aliphatic heterocycles. The Balaban J connectivity index is 1.70. The molecule has 5 nitrogen and oxygen atoms in total. The molecule has 0 unspecified atom stereocenters. The average Bonchev–Trinajstić information content (AvgIpc) is 3.04. The lowest BCUT2D eigenvalue weighted by molar-refractivity contribution is -0.131. The third-order valence-corrected chi connectivity index (χ3v) is 3.70. The Labute approximate surface area is 127 Å². The number of hydrogen-bond donors (Lipinski definition) is 1. The second-order valence-corrected chi connectivity index (χ2v) is 5.38. The van der Waals surface area contributed by atoms with E-state index in [0.29, 0.717) is 6.54 Å². The molecule has 0 spiro atoms. The molecule has 0 radical (unpaired) electrons. The van der Waals surface area contributed by atoms with Crippen LogP contribution in [0, 0.1) is 12.7 Å². The van der Waals surface area contributed by atoms with E-state index in [1.54, 1.807) is 35.0 Å². The number of halogens is 1. The summed E-state index contributed by atoms with van der Waals surface area (Å²) in [6.07, 6.45) is 3.46. The van der Waals surface area contributed by atoms with E-state index < -0.39 is 0 Å². The summed E-state index contributed by atoms with van der Waals surface area (Å²) < 4.78 is 15.0. The van der Waals surface area contributed by atoms with Gasteiger partial charge in [0, 0.05) is 36.0 Å². The zero-order valence-electron chi connectivity index (χ0n) is 12.5. The van der Waals surface area contributed by atoms with Crippen LogP contribution in [0.5, 0.6) is 0 Å².